The van der Waals surface area contributed by atoms with E-state index in [-0.39, 0.29) is 12.4 Å². The molecule has 1 aliphatic heterocycles. The first kappa shape index (κ1) is 15.1. The van der Waals surface area contributed by atoms with Crippen LogP contribution in [0.1, 0.15) is 24.3 Å². The molecule has 0 spiro atoms. The Labute approximate surface area is 137 Å². The minimum Gasteiger partial charge on any atom is -0.354 e. The maximum absolute atomic E-state index is 3.66. The lowest BCUT2D eigenvalue weighted by Gasteiger charge is -2.24. The molecule has 0 amide bonds. The number of hydrogen-bond acceptors (Lipinski definition) is 1. The summed E-state index contributed by atoms with van der Waals surface area (Å²) in [5.74, 6) is 0.651. The molecule has 1 fully saturated rings. The van der Waals surface area contributed by atoms with Gasteiger partial charge in [-0.25, -0.2) is 0 Å². The molecule has 1 aromatic heterocycles. The fourth-order valence-corrected chi connectivity index (χ4v) is 3.53. The van der Waals surface area contributed by atoms with Crippen LogP contribution in [-0.4, -0.2) is 18.1 Å². The van der Waals surface area contributed by atoms with Gasteiger partial charge in [-0.1, -0.05) is 48.5 Å². The predicted molar refractivity (Wildman–Crippen MR) is 95.8 cm³/mol. The van der Waals surface area contributed by atoms with Gasteiger partial charge in [-0.3, -0.25) is 0 Å². The van der Waals surface area contributed by atoms with Crippen LogP contribution < -0.4 is 5.32 Å². The molecule has 0 atom stereocenters. The number of aromatic nitrogens is 1. The standard InChI is InChI=1S/C19H20N2.ClH/c1-2-6-15(7-3-1)19-18(14-10-12-20-13-11-14)16-8-4-5-9-17(16)21-19;/h1-9,14,20-21H,10-13H2;1H. The lowest BCUT2D eigenvalue weighted by Crippen LogP contribution is -2.26. The fraction of sp³-hybridized carbons (Fsp3) is 0.263. The van der Waals surface area contributed by atoms with Crippen molar-refractivity contribution in [2.45, 2.75) is 18.8 Å². The van der Waals surface area contributed by atoms with Crippen molar-refractivity contribution in [3.63, 3.8) is 0 Å². The Morgan fingerprint density at radius 3 is 2.27 bits per heavy atom. The normalized spacial score (nSPS) is 15.6. The summed E-state index contributed by atoms with van der Waals surface area (Å²) in [6.07, 6.45) is 2.45. The highest BCUT2D eigenvalue weighted by molar-refractivity contribution is 5.91. The van der Waals surface area contributed by atoms with Crippen molar-refractivity contribution < 1.29 is 0 Å². The maximum atomic E-state index is 3.66. The number of halogens is 1. The average molecular weight is 313 g/mol. The van der Waals surface area contributed by atoms with Crippen molar-refractivity contribution in [1.82, 2.24) is 10.3 Å². The summed E-state index contributed by atoms with van der Waals surface area (Å²) in [7, 11) is 0. The van der Waals surface area contributed by atoms with Crippen LogP contribution in [0.15, 0.2) is 54.6 Å². The topological polar surface area (TPSA) is 27.8 Å². The van der Waals surface area contributed by atoms with Gasteiger partial charge >= 0.3 is 0 Å². The summed E-state index contributed by atoms with van der Waals surface area (Å²) in [5, 5.41) is 4.87. The first-order chi connectivity index (χ1) is 10.4. The maximum Gasteiger partial charge on any atom is 0.0500 e. The number of hydrogen-bond donors (Lipinski definition) is 2. The van der Waals surface area contributed by atoms with Gasteiger partial charge in [0.05, 0.1) is 0 Å². The summed E-state index contributed by atoms with van der Waals surface area (Å²) < 4.78 is 0. The van der Waals surface area contributed by atoms with Crippen molar-refractivity contribution in [1.29, 1.82) is 0 Å². The molecule has 1 saturated heterocycles. The van der Waals surface area contributed by atoms with E-state index in [2.05, 4.69) is 64.9 Å². The van der Waals surface area contributed by atoms with E-state index >= 15 is 0 Å². The third-order valence-corrected chi connectivity index (χ3v) is 4.56. The second-order valence-corrected chi connectivity index (χ2v) is 5.85. The van der Waals surface area contributed by atoms with Gasteiger partial charge in [0.25, 0.3) is 0 Å². The first-order valence-corrected chi connectivity index (χ1v) is 7.80. The Bertz CT molecular complexity index is 742. The Morgan fingerprint density at radius 1 is 0.818 bits per heavy atom. The summed E-state index contributed by atoms with van der Waals surface area (Å²) in [5.41, 5.74) is 5.37. The zero-order valence-corrected chi connectivity index (χ0v) is 13.3. The van der Waals surface area contributed by atoms with Gasteiger partial charge in [-0.2, -0.15) is 0 Å². The Balaban J connectivity index is 0.00000144. The van der Waals surface area contributed by atoms with Crippen molar-refractivity contribution in [2.24, 2.45) is 0 Å². The van der Waals surface area contributed by atoms with E-state index in [1.165, 1.54) is 40.6 Å². The third kappa shape index (κ3) is 2.65. The second kappa shape index (κ2) is 6.55. The van der Waals surface area contributed by atoms with Crippen LogP contribution in [0.25, 0.3) is 22.2 Å². The molecule has 0 bridgehead atoms. The molecule has 3 heteroatoms. The van der Waals surface area contributed by atoms with E-state index in [0.717, 1.165) is 13.1 Å². The first-order valence-electron chi connectivity index (χ1n) is 7.80. The number of para-hydroxylation sites is 1. The number of H-pyrrole nitrogens is 1. The van der Waals surface area contributed by atoms with Gasteiger partial charge in [0.1, 0.15) is 0 Å². The second-order valence-electron chi connectivity index (χ2n) is 5.85. The molecule has 0 unspecified atom stereocenters. The largest absolute Gasteiger partial charge is 0.354 e. The monoisotopic (exact) mass is 312 g/mol. The van der Waals surface area contributed by atoms with Gasteiger partial charge in [0, 0.05) is 16.6 Å². The molecule has 2 nitrogen and oxygen atoms in total. The van der Waals surface area contributed by atoms with E-state index in [4.69, 9.17) is 0 Å². The quantitative estimate of drug-likeness (QED) is 0.704. The number of rotatable bonds is 2. The molecule has 2 aromatic carbocycles. The van der Waals surface area contributed by atoms with E-state index in [1.54, 1.807) is 0 Å². The molecule has 0 aliphatic carbocycles. The minimum absolute atomic E-state index is 0. The Kier molecular flexibility index (Phi) is 4.51. The molecule has 1 aliphatic rings. The smallest absolute Gasteiger partial charge is 0.0500 e. The number of benzene rings is 2. The van der Waals surface area contributed by atoms with E-state index < -0.39 is 0 Å². The minimum atomic E-state index is 0. The van der Waals surface area contributed by atoms with E-state index in [9.17, 15) is 0 Å². The Hall–Kier alpha value is -1.77. The van der Waals surface area contributed by atoms with Crippen molar-refractivity contribution in [2.75, 3.05) is 13.1 Å². The molecule has 0 saturated carbocycles. The zero-order chi connectivity index (χ0) is 14.1. The number of piperidine rings is 1. The highest BCUT2D eigenvalue weighted by Crippen LogP contribution is 2.39. The van der Waals surface area contributed by atoms with Crippen LogP contribution in [-0.2, 0) is 0 Å². The van der Waals surface area contributed by atoms with Crippen LogP contribution in [0.2, 0.25) is 0 Å². The molecule has 2 N–H and O–H groups in total. The van der Waals surface area contributed by atoms with Gasteiger partial charge in [0.2, 0.25) is 0 Å². The predicted octanol–water partition coefficient (Wildman–Crippen LogP) is 4.72. The number of fused-ring (bicyclic) bond motifs is 1. The summed E-state index contributed by atoms with van der Waals surface area (Å²) in [4.78, 5) is 3.66. The third-order valence-electron chi connectivity index (χ3n) is 4.56. The average Bonchev–Trinajstić information content (AvgIpc) is 2.96. The molecular formula is C19H21ClN2. The zero-order valence-electron chi connectivity index (χ0n) is 12.5. The van der Waals surface area contributed by atoms with Gasteiger partial charge in [-0.05, 0) is 49.0 Å². The highest BCUT2D eigenvalue weighted by atomic mass is 35.5. The molecule has 114 valence electrons. The van der Waals surface area contributed by atoms with Gasteiger partial charge in [-0.15, -0.1) is 12.4 Å². The lowest BCUT2D eigenvalue weighted by atomic mass is 9.87. The van der Waals surface area contributed by atoms with E-state index in [1.807, 2.05) is 0 Å². The molecule has 4 rings (SSSR count). The van der Waals surface area contributed by atoms with Gasteiger partial charge < -0.3 is 10.3 Å². The Morgan fingerprint density at radius 2 is 1.50 bits per heavy atom. The molecule has 2 heterocycles. The molecule has 0 radical (unpaired) electrons. The molecular weight excluding hydrogens is 292 g/mol. The SMILES string of the molecule is Cl.c1ccc(-c2[nH]c3ccccc3c2C2CCNCC2)cc1. The number of nitrogens with one attached hydrogen (secondary N) is 2. The van der Waals surface area contributed by atoms with Crippen LogP contribution >= 0.6 is 12.4 Å². The van der Waals surface area contributed by atoms with Crippen LogP contribution in [0, 0.1) is 0 Å². The molecule has 3 aromatic rings. The summed E-state index contributed by atoms with van der Waals surface area (Å²) in [6.45, 7) is 2.25. The van der Waals surface area contributed by atoms with Crippen molar-refractivity contribution in [3.05, 3.63) is 60.2 Å². The highest BCUT2D eigenvalue weighted by Gasteiger charge is 2.23. The van der Waals surface area contributed by atoms with Crippen LogP contribution in [0.4, 0.5) is 0 Å². The summed E-state index contributed by atoms with van der Waals surface area (Å²) >= 11 is 0. The summed E-state index contributed by atoms with van der Waals surface area (Å²) in [6, 6.07) is 19.4. The fourth-order valence-electron chi connectivity index (χ4n) is 3.53. The van der Waals surface area contributed by atoms with Crippen LogP contribution in [0.5, 0.6) is 0 Å². The van der Waals surface area contributed by atoms with Crippen LogP contribution in [0.3, 0.4) is 0 Å². The van der Waals surface area contributed by atoms with E-state index in [0.29, 0.717) is 5.92 Å². The van der Waals surface area contributed by atoms with Gasteiger partial charge in [0.15, 0.2) is 0 Å². The lowest BCUT2D eigenvalue weighted by molar-refractivity contribution is 0.463. The molecule has 22 heavy (non-hydrogen) atoms. The number of aromatic amines is 1. The van der Waals surface area contributed by atoms with Crippen molar-refractivity contribution in [3.8, 4) is 11.3 Å². The van der Waals surface area contributed by atoms with Crippen molar-refractivity contribution >= 4 is 23.3 Å².